The first-order valence-electron chi connectivity index (χ1n) is 6.57. The Hall–Kier alpha value is -2.17. The molecule has 5 nitrogen and oxygen atoms in total. The minimum atomic E-state index is 0.709. The molecule has 2 heterocycles. The van der Waals surface area contributed by atoms with Crippen LogP contribution in [-0.4, -0.2) is 22.9 Å². The Morgan fingerprint density at radius 2 is 2.21 bits per heavy atom. The minimum absolute atomic E-state index is 0.709. The summed E-state index contributed by atoms with van der Waals surface area (Å²) in [6.07, 6.45) is 0. The number of fused-ring (bicyclic) bond motifs is 1. The highest BCUT2D eigenvalue weighted by Gasteiger charge is 2.18. The van der Waals surface area contributed by atoms with Gasteiger partial charge in [0.15, 0.2) is 0 Å². The molecular formula is C14H18N4O. The van der Waals surface area contributed by atoms with Crippen molar-refractivity contribution in [2.24, 2.45) is 0 Å². The van der Waals surface area contributed by atoms with E-state index in [1.807, 2.05) is 35.9 Å². The topological polar surface area (TPSA) is 56.3 Å². The lowest BCUT2D eigenvalue weighted by Crippen LogP contribution is -2.32. The quantitative estimate of drug-likeness (QED) is 0.913. The smallest absolute Gasteiger partial charge is 0.142 e. The molecular weight excluding hydrogens is 240 g/mol. The maximum absolute atomic E-state index is 5.91. The first kappa shape index (κ1) is 11.9. The number of benzene rings is 1. The lowest BCUT2D eigenvalue weighted by Gasteiger charge is -2.30. The summed E-state index contributed by atoms with van der Waals surface area (Å²) < 4.78 is 7.47. The third-order valence-electron chi connectivity index (χ3n) is 3.34. The molecule has 0 unspecified atom stereocenters. The predicted octanol–water partition coefficient (Wildman–Crippen LogP) is 1.88. The number of anilines is 2. The first-order valence-corrected chi connectivity index (χ1v) is 6.57. The zero-order chi connectivity index (χ0) is 13.2. The third kappa shape index (κ3) is 2.23. The zero-order valence-corrected chi connectivity index (χ0v) is 11.0. The number of nitrogens with two attached hydrogens (primary N) is 1. The summed E-state index contributed by atoms with van der Waals surface area (Å²) in [6.45, 7) is 5.18. The lowest BCUT2D eigenvalue weighted by molar-refractivity contribution is 0.306. The molecule has 5 heteroatoms. The molecule has 0 saturated carbocycles. The molecule has 0 radical (unpaired) electrons. The SMILES string of the molecule is CCn1nc(CN2CCOc3ccccc32)cc1N. The van der Waals surface area contributed by atoms with E-state index in [9.17, 15) is 0 Å². The van der Waals surface area contributed by atoms with Crippen LogP contribution in [0.25, 0.3) is 0 Å². The van der Waals surface area contributed by atoms with Crippen LogP contribution in [-0.2, 0) is 13.1 Å². The Morgan fingerprint density at radius 1 is 1.37 bits per heavy atom. The van der Waals surface area contributed by atoms with Crippen LogP contribution in [0.4, 0.5) is 11.5 Å². The minimum Gasteiger partial charge on any atom is -0.490 e. The number of ether oxygens (including phenoxy) is 1. The van der Waals surface area contributed by atoms with Crippen molar-refractivity contribution in [2.45, 2.75) is 20.0 Å². The molecule has 3 rings (SSSR count). The van der Waals surface area contributed by atoms with Crippen LogP contribution in [0.5, 0.6) is 5.75 Å². The second kappa shape index (κ2) is 4.84. The van der Waals surface area contributed by atoms with Gasteiger partial charge in [-0.15, -0.1) is 0 Å². The maximum Gasteiger partial charge on any atom is 0.142 e. The van der Waals surface area contributed by atoms with Gasteiger partial charge in [-0.25, -0.2) is 0 Å². The van der Waals surface area contributed by atoms with Gasteiger partial charge in [0.05, 0.1) is 24.5 Å². The van der Waals surface area contributed by atoms with Gasteiger partial charge < -0.3 is 15.4 Å². The fraction of sp³-hybridized carbons (Fsp3) is 0.357. The lowest BCUT2D eigenvalue weighted by atomic mass is 10.2. The summed E-state index contributed by atoms with van der Waals surface area (Å²) >= 11 is 0. The number of para-hydroxylation sites is 2. The second-order valence-electron chi connectivity index (χ2n) is 4.61. The van der Waals surface area contributed by atoms with E-state index >= 15 is 0 Å². The van der Waals surface area contributed by atoms with Gasteiger partial charge in [-0.1, -0.05) is 12.1 Å². The summed E-state index contributed by atoms with van der Waals surface area (Å²) in [5.74, 6) is 1.66. The monoisotopic (exact) mass is 258 g/mol. The van der Waals surface area contributed by atoms with Gasteiger partial charge >= 0.3 is 0 Å². The van der Waals surface area contributed by atoms with Crippen LogP contribution in [0.1, 0.15) is 12.6 Å². The van der Waals surface area contributed by atoms with Crippen LogP contribution in [0, 0.1) is 0 Å². The first-order chi connectivity index (χ1) is 9.28. The van der Waals surface area contributed by atoms with E-state index in [1.54, 1.807) is 0 Å². The molecule has 1 aromatic heterocycles. The van der Waals surface area contributed by atoms with Crippen LogP contribution < -0.4 is 15.4 Å². The summed E-state index contributed by atoms with van der Waals surface area (Å²) in [5.41, 5.74) is 8.03. The maximum atomic E-state index is 5.91. The van der Waals surface area contributed by atoms with Crippen LogP contribution in [0.15, 0.2) is 30.3 Å². The molecule has 0 amide bonds. The summed E-state index contributed by atoms with van der Waals surface area (Å²) in [4.78, 5) is 2.28. The molecule has 2 aromatic rings. The summed E-state index contributed by atoms with van der Waals surface area (Å²) in [5, 5.41) is 4.50. The Morgan fingerprint density at radius 3 is 3.00 bits per heavy atom. The molecule has 0 saturated heterocycles. The van der Waals surface area contributed by atoms with E-state index in [0.717, 1.165) is 42.6 Å². The van der Waals surface area contributed by atoms with E-state index < -0.39 is 0 Å². The fourth-order valence-electron chi connectivity index (χ4n) is 2.40. The number of aryl methyl sites for hydroxylation is 1. The van der Waals surface area contributed by atoms with Crippen molar-refractivity contribution in [3.8, 4) is 5.75 Å². The Balaban J connectivity index is 1.84. The normalized spacial score (nSPS) is 14.1. The van der Waals surface area contributed by atoms with E-state index in [-0.39, 0.29) is 0 Å². The number of nitrogens with zero attached hydrogens (tertiary/aromatic N) is 3. The van der Waals surface area contributed by atoms with E-state index in [1.165, 1.54) is 0 Å². The Bertz CT molecular complexity index is 579. The Labute approximate surface area is 112 Å². The largest absolute Gasteiger partial charge is 0.490 e. The highest BCUT2D eigenvalue weighted by molar-refractivity contribution is 5.59. The number of nitrogen functional groups attached to an aromatic ring is 1. The van der Waals surface area contributed by atoms with Crippen LogP contribution in [0.3, 0.4) is 0 Å². The van der Waals surface area contributed by atoms with Crippen molar-refractivity contribution in [2.75, 3.05) is 23.8 Å². The molecule has 19 heavy (non-hydrogen) atoms. The van der Waals surface area contributed by atoms with Crippen molar-refractivity contribution in [1.29, 1.82) is 0 Å². The number of rotatable bonds is 3. The van der Waals surface area contributed by atoms with Gasteiger partial charge in [0.1, 0.15) is 18.2 Å². The molecule has 1 aliphatic heterocycles. The van der Waals surface area contributed by atoms with Gasteiger partial charge in [0.2, 0.25) is 0 Å². The number of hydrogen-bond donors (Lipinski definition) is 1. The standard InChI is InChI=1S/C14H18N4O/c1-2-18-14(15)9-11(16-18)10-17-7-8-19-13-6-4-3-5-12(13)17/h3-6,9H,2,7-8,10,15H2,1H3. The zero-order valence-electron chi connectivity index (χ0n) is 11.0. The van der Waals surface area contributed by atoms with Gasteiger partial charge in [-0.3, -0.25) is 4.68 Å². The van der Waals surface area contributed by atoms with Crippen molar-refractivity contribution >= 4 is 11.5 Å². The van der Waals surface area contributed by atoms with Gasteiger partial charge in [0.25, 0.3) is 0 Å². The van der Waals surface area contributed by atoms with E-state index in [0.29, 0.717) is 6.61 Å². The summed E-state index contributed by atoms with van der Waals surface area (Å²) in [6, 6.07) is 10.0. The molecule has 1 aliphatic rings. The number of hydrogen-bond acceptors (Lipinski definition) is 4. The van der Waals surface area contributed by atoms with Gasteiger partial charge in [-0.05, 0) is 19.1 Å². The van der Waals surface area contributed by atoms with Crippen molar-refractivity contribution in [3.63, 3.8) is 0 Å². The van der Waals surface area contributed by atoms with Crippen LogP contribution in [0.2, 0.25) is 0 Å². The highest BCUT2D eigenvalue weighted by Crippen LogP contribution is 2.31. The van der Waals surface area contributed by atoms with Crippen LogP contribution >= 0.6 is 0 Å². The highest BCUT2D eigenvalue weighted by atomic mass is 16.5. The van der Waals surface area contributed by atoms with E-state index in [4.69, 9.17) is 10.5 Å². The van der Waals surface area contributed by atoms with Crippen molar-refractivity contribution in [3.05, 3.63) is 36.0 Å². The molecule has 0 fully saturated rings. The Kier molecular flexibility index (Phi) is 3.03. The molecule has 0 atom stereocenters. The fourth-order valence-corrected chi connectivity index (χ4v) is 2.40. The van der Waals surface area contributed by atoms with Crippen molar-refractivity contribution in [1.82, 2.24) is 9.78 Å². The molecule has 0 bridgehead atoms. The van der Waals surface area contributed by atoms with E-state index in [2.05, 4.69) is 16.1 Å². The molecule has 0 aliphatic carbocycles. The second-order valence-corrected chi connectivity index (χ2v) is 4.61. The third-order valence-corrected chi connectivity index (χ3v) is 3.34. The molecule has 2 N–H and O–H groups in total. The van der Waals surface area contributed by atoms with Gasteiger partial charge in [-0.2, -0.15) is 5.10 Å². The predicted molar refractivity (Wildman–Crippen MR) is 75.3 cm³/mol. The molecule has 0 spiro atoms. The molecule has 1 aromatic carbocycles. The van der Waals surface area contributed by atoms with Gasteiger partial charge in [0, 0.05) is 12.6 Å². The molecule has 100 valence electrons. The average molecular weight is 258 g/mol. The average Bonchev–Trinajstić information content (AvgIpc) is 2.79. The number of aromatic nitrogens is 2. The van der Waals surface area contributed by atoms with Crippen molar-refractivity contribution < 1.29 is 4.74 Å². The summed E-state index contributed by atoms with van der Waals surface area (Å²) in [7, 11) is 0.